The Balaban J connectivity index is 2.03. The first-order valence-corrected chi connectivity index (χ1v) is 7.03. The van der Waals surface area contributed by atoms with Crippen LogP contribution in [0.2, 0.25) is 0 Å². The zero-order valence-corrected chi connectivity index (χ0v) is 12.8. The molecule has 2 heterocycles. The lowest BCUT2D eigenvalue weighted by atomic mass is 10.1. The number of carboxylic acid groups (broad SMARTS) is 1. The number of carbonyl (C=O) groups is 1. The Morgan fingerprint density at radius 3 is 2.83 bits per heavy atom. The molecule has 0 amide bonds. The predicted octanol–water partition coefficient (Wildman–Crippen LogP) is 2.22. The molecule has 2 aromatic heterocycles. The molecule has 0 radical (unpaired) electrons. The lowest BCUT2D eigenvalue weighted by Crippen LogP contribution is -2.02. The first-order valence-electron chi connectivity index (χ1n) is 6.63. The summed E-state index contributed by atoms with van der Waals surface area (Å²) < 4.78 is 1.67. The van der Waals surface area contributed by atoms with Crippen molar-refractivity contribution in [2.45, 2.75) is 6.92 Å². The molecular weight excluding hydrogens is 316 g/mol. The molecule has 0 saturated carbocycles. The van der Waals surface area contributed by atoms with E-state index in [1.807, 2.05) is 13.0 Å². The van der Waals surface area contributed by atoms with Gasteiger partial charge in [0.2, 0.25) is 10.6 Å². The van der Waals surface area contributed by atoms with Gasteiger partial charge in [0.25, 0.3) is 0 Å². The molecule has 3 aromatic rings. The molecule has 0 spiro atoms. The highest BCUT2D eigenvalue weighted by molar-refractivity contribution is 7.71. The van der Waals surface area contributed by atoms with Gasteiger partial charge in [-0.25, -0.2) is 9.89 Å². The van der Waals surface area contributed by atoms with Gasteiger partial charge in [-0.05, 0) is 31.3 Å². The number of hydrogen-bond acceptors (Lipinski definition) is 5. The van der Waals surface area contributed by atoms with Crippen LogP contribution in [-0.4, -0.2) is 42.4 Å². The molecule has 0 bridgehead atoms. The van der Waals surface area contributed by atoms with Crippen LogP contribution in [0.1, 0.15) is 21.6 Å². The van der Waals surface area contributed by atoms with Crippen molar-refractivity contribution in [2.24, 2.45) is 5.10 Å². The highest BCUT2D eigenvalue weighted by Crippen LogP contribution is 2.15. The van der Waals surface area contributed by atoms with Gasteiger partial charge < -0.3 is 5.11 Å². The van der Waals surface area contributed by atoms with Gasteiger partial charge in [0, 0.05) is 11.3 Å². The van der Waals surface area contributed by atoms with Crippen LogP contribution in [0, 0.1) is 11.7 Å². The second-order valence-corrected chi connectivity index (χ2v) is 5.12. The SMILES string of the molecule is Cc1cc(-c2n[nH]c(=S)n2N=Cc2ccccc2C(=O)O)n[nH]1. The van der Waals surface area contributed by atoms with Gasteiger partial charge in [0.05, 0.1) is 11.8 Å². The third-order valence-electron chi connectivity index (χ3n) is 3.09. The number of aryl methyl sites for hydroxylation is 1. The van der Waals surface area contributed by atoms with Crippen molar-refractivity contribution in [2.75, 3.05) is 0 Å². The summed E-state index contributed by atoms with van der Waals surface area (Å²) in [6.45, 7) is 1.87. The van der Waals surface area contributed by atoms with E-state index in [0.717, 1.165) is 5.69 Å². The van der Waals surface area contributed by atoms with E-state index >= 15 is 0 Å². The molecule has 0 aliphatic heterocycles. The number of nitrogens with one attached hydrogen (secondary N) is 2. The van der Waals surface area contributed by atoms with Gasteiger partial charge in [-0.1, -0.05) is 18.2 Å². The number of aromatic amines is 2. The third kappa shape index (κ3) is 2.94. The van der Waals surface area contributed by atoms with Crippen LogP contribution in [-0.2, 0) is 0 Å². The zero-order valence-electron chi connectivity index (χ0n) is 12.0. The minimum Gasteiger partial charge on any atom is -0.478 e. The van der Waals surface area contributed by atoms with Crippen molar-refractivity contribution in [1.82, 2.24) is 25.1 Å². The average molecular weight is 328 g/mol. The van der Waals surface area contributed by atoms with E-state index in [9.17, 15) is 9.90 Å². The van der Waals surface area contributed by atoms with Crippen molar-refractivity contribution in [3.8, 4) is 11.5 Å². The van der Waals surface area contributed by atoms with E-state index < -0.39 is 5.97 Å². The van der Waals surface area contributed by atoms with E-state index in [-0.39, 0.29) is 10.3 Å². The van der Waals surface area contributed by atoms with E-state index in [0.29, 0.717) is 17.1 Å². The van der Waals surface area contributed by atoms with Crippen LogP contribution >= 0.6 is 12.2 Å². The van der Waals surface area contributed by atoms with Gasteiger partial charge in [0.15, 0.2) is 0 Å². The maximum absolute atomic E-state index is 11.2. The van der Waals surface area contributed by atoms with E-state index in [2.05, 4.69) is 25.5 Å². The topological polar surface area (TPSA) is 112 Å². The number of benzene rings is 1. The number of nitrogens with zero attached hydrogens (tertiary/aromatic N) is 4. The van der Waals surface area contributed by atoms with Crippen LogP contribution in [0.4, 0.5) is 0 Å². The van der Waals surface area contributed by atoms with Gasteiger partial charge in [-0.2, -0.15) is 20.0 Å². The summed E-state index contributed by atoms with van der Waals surface area (Å²) in [4.78, 5) is 11.2. The monoisotopic (exact) mass is 328 g/mol. The second-order valence-electron chi connectivity index (χ2n) is 4.74. The van der Waals surface area contributed by atoms with Crippen LogP contribution in [0.5, 0.6) is 0 Å². The maximum Gasteiger partial charge on any atom is 0.336 e. The Morgan fingerprint density at radius 2 is 2.13 bits per heavy atom. The molecule has 3 N–H and O–H groups in total. The summed E-state index contributed by atoms with van der Waals surface area (Å²) in [5.74, 6) is -0.589. The van der Waals surface area contributed by atoms with Gasteiger partial charge in [-0.15, -0.1) is 0 Å². The minimum absolute atomic E-state index is 0.156. The van der Waals surface area contributed by atoms with Crippen molar-refractivity contribution in [1.29, 1.82) is 0 Å². The third-order valence-corrected chi connectivity index (χ3v) is 3.35. The molecule has 3 rings (SSSR count). The predicted molar refractivity (Wildman–Crippen MR) is 86.1 cm³/mol. The molecule has 8 nitrogen and oxygen atoms in total. The summed E-state index contributed by atoms with van der Waals surface area (Å²) in [6.07, 6.45) is 1.43. The fourth-order valence-electron chi connectivity index (χ4n) is 2.02. The lowest BCUT2D eigenvalue weighted by Gasteiger charge is -2.00. The molecule has 0 aliphatic carbocycles. The smallest absolute Gasteiger partial charge is 0.336 e. The van der Waals surface area contributed by atoms with Crippen LogP contribution in [0.15, 0.2) is 35.4 Å². The zero-order chi connectivity index (χ0) is 16.4. The highest BCUT2D eigenvalue weighted by atomic mass is 32.1. The van der Waals surface area contributed by atoms with Crippen molar-refractivity contribution in [3.63, 3.8) is 0 Å². The lowest BCUT2D eigenvalue weighted by molar-refractivity contribution is 0.0697. The molecule has 0 saturated heterocycles. The molecule has 0 unspecified atom stereocenters. The van der Waals surface area contributed by atoms with Crippen LogP contribution in [0.3, 0.4) is 0 Å². The Hall–Kier alpha value is -3.07. The molecule has 23 heavy (non-hydrogen) atoms. The standard InChI is InChI=1S/C14H12N6O2S/c1-8-6-11(17-16-8)12-18-19-14(23)20(12)15-7-9-4-2-3-5-10(9)13(21)22/h2-7H,1H3,(H,16,17)(H,19,23)(H,21,22). The molecule has 0 fully saturated rings. The maximum atomic E-state index is 11.2. The fraction of sp³-hybridized carbons (Fsp3) is 0.0714. The number of hydrogen-bond donors (Lipinski definition) is 3. The quantitative estimate of drug-likeness (QED) is 0.502. The van der Waals surface area contributed by atoms with Gasteiger partial charge in [-0.3, -0.25) is 5.10 Å². The molecular formula is C14H12N6O2S. The van der Waals surface area contributed by atoms with Gasteiger partial charge >= 0.3 is 5.97 Å². The summed E-state index contributed by atoms with van der Waals surface area (Å²) in [7, 11) is 0. The van der Waals surface area contributed by atoms with Crippen molar-refractivity contribution in [3.05, 3.63) is 51.9 Å². The number of aromatic carboxylic acids is 1. The fourth-order valence-corrected chi connectivity index (χ4v) is 2.20. The summed E-state index contributed by atoms with van der Waals surface area (Å²) in [5, 5.41) is 27.1. The highest BCUT2D eigenvalue weighted by Gasteiger charge is 2.12. The first-order chi connectivity index (χ1) is 11.1. The van der Waals surface area contributed by atoms with Gasteiger partial charge in [0.1, 0.15) is 5.69 Å². The van der Waals surface area contributed by atoms with Crippen molar-refractivity contribution >= 4 is 24.4 Å². The largest absolute Gasteiger partial charge is 0.478 e. The van der Waals surface area contributed by atoms with E-state index in [1.54, 1.807) is 18.2 Å². The molecule has 0 aliphatic rings. The summed E-state index contributed by atoms with van der Waals surface area (Å²) in [6, 6.07) is 8.37. The Morgan fingerprint density at radius 1 is 1.35 bits per heavy atom. The second kappa shape index (κ2) is 5.97. The first kappa shape index (κ1) is 14.9. The minimum atomic E-state index is -1.02. The molecule has 116 valence electrons. The Bertz CT molecular complexity index is 952. The summed E-state index contributed by atoms with van der Waals surface area (Å²) in [5.41, 5.74) is 2.08. The van der Waals surface area contributed by atoms with E-state index in [1.165, 1.54) is 17.0 Å². The molecule has 1 aromatic carbocycles. The number of H-pyrrole nitrogens is 2. The Labute approximate surface area is 135 Å². The van der Waals surface area contributed by atoms with Crippen molar-refractivity contribution < 1.29 is 9.90 Å². The number of aromatic nitrogens is 5. The Kier molecular flexibility index (Phi) is 3.85. The summed E-state index contributed by atoms with van der Waals surface area (Å²) >= 11 is 5.16. The molecule has 0 atom stereocenters. The normalized spacial score (nSPS) is 11.2. The average Bonchev–Trinajstić information content (AvgIpc) is 3.11. The number of rotatable bonds is 4. The molecule has 9 heteroatoms. The van der Waals surface area contributed by atoms with Crippen LogP contribution in [0.25, 0.3) is 11.5 Å². The van der Waals surface area contributed by atoms with Crippen LogP contribution < -0.4 is 0 Å². The van der Waals surface area contributed by atoms with E-state index in [4.69, 9.17) is 12.2 Å². The number of carboxylic acids is 1.